The maximum Gasteiger partial charge on any atom is 0.166 e. The second-order valence-corrected chi connectivity index (χ2v) is 2.43. The lowest BCUT2D eigenvalue weighted by Gasteiger charge is -2.14. The van der Waals surface area contributed by atoms with Crippen LogP contribution >= 0.6 is 0 Å². The molecule has 1 unspecified atom stereocenters. The van der Waals surface area contributed by atoms with Crippen LogP contribution in [0.15, 0.2) is 18.1 Å². The highest BCUT2D eigenvalue weighted by atomic mass is 16.5. The fourth-order valence-electron chi connectivity index (χ4n) is 0.600. The number of aliphatic hydroxyl groups is 1. The van der Waals surface area contributed by atoms with Crippen molar-refractivity contribution < 1.29 is 9.84 Å². The van der Waals surface area contributed by atoms with Crippen LogP contribution in [-0.4, -0.2) is 18.3 Å². The van der Waals surface area contributed by atoms with Crippen molar-refractivity contribution in [3.05, 3.63) is 18.1 Å². The van der Waals surface area contributed by atoms with Crippen molar-refractivity contribution in [1.82, 2.24) is 0 Å². The molecule has 0 saturated heterocycles. The summed E-state index contributed by atoms with van der Waals surface area (Å²) < 4.78 is 4.82. The molecular weight excluding hydrogens is 128 g/mol. The Hall–Kier alpha value is -0.720. The number of methoxy groups -OCH3 is 1. The van der Waals surface area contributed by atoms with Crippen molar-refractivity contribution >= 4 is 0 Å². The fraction of sp³-hybridized carbons (Fsp3) is 0.625. The molecule has 0 aromatic rings. The SMILES string of the molecule is C=C=C(OC)C(O)C(C)C. The highest BCUT2D eigenvalue weighted by Crippen LogP contribution is 2.10. The molecule has 0 aliphatic heterocycles. The standard InChI is InChI=1S/C8H14O2/c1-5-7(10-4)8(9)6(2)3/h6,8-9H,1H2,2-4H3. The first-order chi connectivity index (χ1) is 4.63. The van der Waals surface area contributed by atoms with Gasteiger partial charge in [0, 0.05) is 0 Å². The number of hydrogen-bond acceptors (Lipinski definition) is 2. The van der Waals surface area contributed by atoms with E-state index in [1.807, 2.05) is 13.8 Å². The third-order valence-corrected chi connectivity index (χ3v) is 1.29. The highest BCUT2D eigenvalue weighted by Gasteiger charge is 2.14. The predicted octanol–water partition coefficient (Wildman–Crippen LogP) is 1.32. The third kappa shape index (κ3) is 2.26. The lowest BCUT2D eigenvalue weighted by molar-refractivity contribution is 0.0935. The molecule has 0 aromatic heterocycles. The summed E-state index contributed by atoms with van der Waals surface area (Å²) in [6.45, 7) is 7.20. The topological polar surface area (TPSA) is 29.5 Å². The van der Waals surface area contributed by atoms with Gasteiger partial charge in [-0.05, 0) is 5.92 Å². The molecule has 0 amide bonds. The van der Waals surface area contributed by atoms with E-state index in [0.29, 0.717) is 5.76 Å². The number of hydrogen-bond donors (Lipinski definition) is 1. The van der Waals surface area contributed by atoms with Gasteiger partial charge in [0.2, 0.25) is 0 Å². The first-order valence-corrected chi connectivity index (χ1v) is 3.25. The van der Waals surface area contributed by atoms with Gasteiger partial charge in [-0.25, -0.2) is 0 Å². The second-order valence-electron chi connectivity index (χ2n) is 2.43. The summed E-state index contributed by atoms with van der Waals surface area (Å²) >= 11 is 0. The Kier molecular flexibility index (Phi) is 3.85. The van der Waals surface area contributed by atoms with Gasteiger partial charge in [-0.1, -0.05) is 26.2 Å². The van der Waals surface area contributed by atoms with E-state index in [-0.39, 0.29) is 5.92 Å². The molecule has 0 rings (SSSR count). The first-order valence-electron chi connectivity index (χ1n) is 3.25. The minimum atomic E-state index is -0.581. The molecule has 1 atom stereocenters. The molecule has 0 aliphatic rings. The third-order valence-electron chi connectivity index (χ3n) is 1.29. The molecule has 0 saturated carbocycles. The summed E-state index contributed by atoms with van der Waals surface area (Å²) in [5.74, 6) is 0.555. The molecule has 0 fully saturated rings. The van der Waals surface area contributed by atoms with Gasteiger partial charge in [-0.15, -0.1) is 0 Å². The van der Waals surface area contributed by atoms with Crippen LogP contribution in [-0.2, 0) is 4.74 Å². The van der Waals surface area contributed by atoms with Crippen molar-refractivity contribution in [2.75, 3.05) is 7.11 Å². The zero-order valence-corrected chi connectivity index (χ0v) is 6.72. The zero-order valence-electron chi connectivity index (χ0n) is 6.72. The number of aliphatic hydroxyl groups excluding tert-OH is 1. The van der Waals surface area contributed by atoms with Gasteiger partial charge in [0.1, 0.15) is 6.10 Å². The van der Waals surface area contributed by atoms with E-state index in [1.54, 1.807) is 0 Å². The Balaban J connectivity index is 4.17. The van der Waals surface area contributed by atoms with E-state index in [0.717, 1.165) is 0 Å². The average Bonchev–Trinajstić information content (AvgIpc) is 1.90. The molecule has 1 N–H and O–H groups in total. The van der Waals surface area contributed by atoms with Crippen molar-refractivity contribution in [1.29, 1.82) is 0 Å². The Morgan fingerprint density at radius 2 is 2.10 bits per heavy atom. The van der Waals surface area contributed by atoms with E-state index >= 15 is 0 Å². The van der Waals surface area contributed by atoms with Gasteiger partial charge >= 0.3 is 0 Å². The molecule has 58 valence electrons. The van der Waals surface area contributed by atoms with E-state index in [1.165, 1.54) is 7.11 Å². The van der Waals surface area contributed by atoms with Crippen LogP contribution in [0, 0.1) is 5.92 Å². The molecule has 10 heavy (non-hydrogen) atoms. The molecule has 0 aliphatic carbocycles. The summed E-state index contributed by atoms with van der Waals surface area (Å²) in [6, 6.07) is 0. The quantitative estimate of drug-likeness (QED) is 0.475. The van der Waals surface area contributed by atoms with Gasteiger partial charge in [0.05, 0.1) is 7.11 Å². The van der Waals surface area contributed by atoms with Crippen LogP contribution in [0.5, 0.6) is 0 Å². The largest absolute Gasteiger partial charge is 0.490 e. The summed E-state index contributed by atoms with van der Waals surface area (Å²) in [7, 11) is 1.50. The van der Waals surface area contributed by atoms with Crippen LogP contribution < -0.4 is 0 Å². The van der Waals surface area contributed by atoms with E-state index in [4.69, 9.17) is 4.74 Å². The summed E-state index contributed by atoms with van der Waals surface area (Å²) in [5, 5.41) is 9.32. The van der Waals surface area contributed by atoms with E-state index < -0.39 is 6.10 Å². The molecule has 2 heteroatoms. The van der Waals surface area contributed by atoms with Crippen LogP contribution in [0.3, 0.4) is 0 Å². The molecule has 0 heterocycles. The second kappa shape index (κ2) is 4.15. The maximum absolute atomic E-state index is 9.32. The summed E-state index contributed by atoms with van der Waals surface area (Å²) in [5.41, 5.74) is 2.53. The van der Waals surface area contributed by atoms with Crippen molar-refractivity contribution in [3.63, 3.8) is 0 Å². The Morgan fingerprint density at radius 1 is 1.60 bits per heavy atom. The molecule has 0 bridgehead atoms. The Morgan fingerprint density at radius 3 is 2.20 bits per heavy atom. The van der Waals surface area contributed by atoms with Gasteiger partial charge in [0.15, 0.2) is 5.76 Å². The summed E-state index contributed by atoms with van der Waals surface area (Å²) in [4.78, 5) is 0. The molecule has 0 radical (unpaired) electrons. The van der Waals surface area contributed by atoms with Crippen LogP contribution in [0.1, 0.15) is 13.8 Å². The predicted molar refractivity (Wildman–Crippen MR) is 40.5 cm³/mol. The normalized spacial score (nSPS) is 12.5. The first kappa shape index (κ1) is 9.28. The lowest BCUT2D eigenvalue weighted by atomic mass is 10.1. The molecule has 0 aromatic carbocycles. The molecular formula is C8H14O2. The van der Waals surface area contributed by atoms with Gasteiger partial charge in [-0.3, -0.25) is 0 Å². The van der Waals surface area contributed by atoms with Crippen molar-refractivity contribution in [3.8, 4) is 0 Å². The lowest BCUT2D eigenvalue weighted by Crippen LogP contribution is -2.17. The molecule has 2 nitrogen and oxygen atoms in total. The van der Waals surface area contributed by atoms with Crippen LogP contribution in [0.4, 0.5) is 0 Å². The number of rotatable bonds is 3. The Bertz CT molecular complexity index is 143. The average molecular weight is 142 g/mol. The van der Waals surface area contributed by atoms with E-state index in [2.05, 4.69) is 12.3 Å². The van der Waals surface area contributed by atoms with Crippen LogP contribution in [0.25, 0.3) is 0 Å². The summed E-state index contributed by atoms with van der Waals surface area (Å²) in [6.07, 6.45) is -0.581. The Labute approximate surface area is 61.8 Å². The zero-order chi connectivity index (χ0) is 8.15. The molecule has 0 spiro atoms. The smallest absolute Gasteiger partial charge is 0.166 e. The van der Waals surface area contributed by atoms with Gasteiger partial charge in [0.25, 0.3) is 0 Å². The monoisotopic (exact) mass is 142 g/mol. The highest BCUT2D eigenvalue weighted by molar-refractivity contribution is 4.97. The van der Waals surface area contributed by atoms with Crippen LogP contribution in [0.2, 0.25) is 0 Å². The number of ether oxygens (including phenoxy) is 1. The van der Waals surface area contributed by atoms with Crippen molar-refractivity contribution in [2.45, 2.75) is 20.0 Å². The van der Waals surface area contributed by atoms with Gasteiger partial charge < -0.3 is 9.84 Å². The minimum absolute atomic E-state index is 0.143. The maximum atomic E-state index is 9.32. The fourth-order valence-corrected chi connectivity index (χ4v) is 0.600. The van der Waals surface area contributed by atoms with Gasteiger partial charge in [-0.2, -0.15) is 0 Å². The minimum Gasteiger partial charge on any atom is -0.490 e. The van der Waals surface area contributed by atoms with Crippen molar-refractivity contribution in [2.24, 2.45) is 5.92 Å². The van der Waals surface area contributed by atoms with E-state index in [9.17, 15) is 5.11 Å².